The first-order valence-corrected chi connectivity index (χ1v) is 8.67. The number of aromatic nitrogens is 3. The lowest BCUT2D eigenvalue weighted by Gasteiger charge is -2.16. The molecule has 1 saturated carbocycles. The number of hydrogen-bond donors (Lipinski definition) is 0. The van der Waals surface area contributed by atoms with Gasteiger partial charge < -0.3 is 9.47 Å². The molecule has 1 aromatic carbocycles. The van der Waals surface area contributed by atoms with Gasteiger partial charge in [0.05, 0.1) is 5.75 Å². The number of benzene rings is 1. The molecule has 0 N–H and O–H groups in total. The molecule has 5 nitrogen and oxygen atoms in total. The number of anilines is 1. The Kier molecular flexibility index (Phi) is 4.81. The van der Waals surface area contributed by atoms with Gasteiger partial charge in [0, 0.05) is 25.2 Å². The van der Waals surface area contributed by atoms with Crippen molar-refractivity contribution in [1.82, 2.24) is 14.8 Å². The Morgan fingerprint density at radius 3 is 2.78 bits per heavy atom. The second kappa shape index (κ2) is 7.00. The Morgan fingerprint density at radius 1 is 1.39 bits per heavy atom. The Labute approximate surface area is 140 Å². The van der Waals surface area contributed by atoms with E-state index in [0.29, 0.717) is 18.2 Å². The molecular formula is C17H20N4OS. The minimum atomic E-state index is 0.0438. The van der Waals surface area contributed by atoms with Crippen LogP contribution < -0.4 is 4.90 Å². The lowest BCUT2D eigenvalue weighted by atomic mass is 10.3. The van der Waals surface area contributed by atoms with E-state index < -0.39 is 0 Å². The first-order chi connectivity index (χ1) is 11.2. The maximum atomic E-state index is 12.4. The third-order valence-corrected chi connectivity index (χ3v) is 4.79. The summed E-state index contributed by atoms with van der Waals surface area (Å²) >= 11 is 1.43. The number of thioether (sulfide) groups is 1. The minimum Gasteiger partial charge on any atom is -0.315 e. The zero-order chi connectivity index (χ0) is 16.2. The molecule has 3 rings (SSSR count). The van der Waals surface area contributed by atoms with Crippen LogP contribution in [-0.4, -0.2) is 33.5 Å². The molecule has 1 heterocycles. The van der Waals surface area contributed by atoms with Crippen molar-refractivity contribution in [2.75, 3.05) is 17.7 Å². The van der Waals surface area contributed by atoms with E-state index in [1.165, 1.54) is 24.6 Å². The number of hydrogen-bond acceptors (Lipinski definition) is 4. The van der Waals surface area contributed by atoms with Crippen LogP contribution in [0.1, 0.15) is 24.6 Å². The molecule has 0 saturated heterocycles. The molecule has 1 fully saturated rings. The minimum absolute atomic E-state index is 0.0438. The summed E-state index contributed by atoms with van der Waals surface area (Å²) in [5, 5.41) is 9.35. The molecule has 1 amide bonds. The van der Waals surface area contributed by atoms with Gasteiger partial charge in [0.15, 0.2) is 5.16 Å². The van der Waals surface area contributed by atoms with E-state index in [9.17, 15) is 4.79 Å². The van der Waals surface area contributed by atoms with E-state index in [4.69, 9.17) is 0 Å². The molecule has 0 radical (unpaired) electrons. The van der Waals surface area contributed by atoms with Crippen molar-refractivity contribution >= 4 is 23.4 Å². The van der Waals surface area contributed by atoms with Crippen molar-refractivity contribution in [3.05, 3.63) is 48.8 Å². The maximum absolute atomic E-state index is 12.4. The molecule has 0 atom stereocenters. The van der Waals surface area contributed by atoms with E-state index in [0.717, 1.165) is 16.7 Å². The standard InChI is InChI=1S/C17H20N4OS/c1-3-11-21-16(13-9-10-13)18-19-17(21)23-12-15(22)20(2)14-7-5-4-6-8-14/h3-8,13H,1,9-12H2,2H3. The predicted octanol–water partition coefficient (Wildman–Crippen LogP) is 3.10. The molecule has 120 valence electrons. The number of amides is 1. The van der Waals surface area contributed by atoms with Gasteiger partial charge in [-0.1, -0.05) is 36.0 Å². The van der Waals surface area contributed by atoms with Crippen LogP contribution in [0.3, 0.4) is 0 Å². The first kappa shape index (κ1) is 15.8. The summed E-state index contributed by atoms with van der Waals surface area (Å²) < 4.78 is 2.07. The summed E-state index contributed by atoms with van der Waals surface area (Å²) in [6.07, 6.45) is 4.20. The van der Waals surface area contributed by atoms with Crippen molar-refractivity contribution in [3.8, 4) is 0 Å². The van der Waals surface area contributed by atoms with Crippen LogP contribution in [0.25, 0.3) is 0 Å². The van der Waals surface area contributed by atoms with E-state index in [1.807, 2.05) is 36.4 Å². The molecule has 23 heavy (non-hydrogen) atoms. The fourth-order valence-electron chi connectivity index (χ4n) is 2.37. The first-order valence-electron chi connectivity index (χ1n) is 7.69. The van der Waals surface area contributed by atoms with Gasteiger partial charge in [0.1, 0.15) is 5.82 Å². The number of allylic oxidation sites excluding steroid dienone is 1. The Hall–Kier alpha value is -2.08. The van der Waals surface area contributed by atoms with Crippen LogP contribution in [-0.2, 0) is 11.3 Å². The molecule has 0 unspecified atom stereocenters. The predicted molar refractivity (Wildman–Crippen MR) is 92.8 cm³/mol. The smallest absolute Gasteiger partial charge is 0.237 e. The monoisotopic (exact) mass is 328 g/mol. The third kappa shape index (κ3) is 3.64. The normalized spacial score (nSPS) is 13.8. The molecule has 1 aromatic heterocycles. The summed E-state index contributed by atoms with van der Waals surface area (Å²) in [6.45, 7) is 4.48. The van der Waals surface area contributed by atoms with Crippen LogP contribution in [0.5, 0.6) is 0 Å². The third-order valence-electron chi connectivity index (χ3n) is 3.84. The highest BCUT2D eigenvalue weighted by Crippen LogP contribution is 2.40. The van der Waals surface area contributed by atoms with E-state index >= 15 is 0 Å². The Bertz CT molecular complexity index is 694. The van der Waals surface area contributed by atoms with Crippen LogP contribution in [0, 0.1) is 0 Å². The quantitative estimate of drug-likeness (QED) is 0.579. The van der Waals surface area contributed by atoms with Crippen LogP contribution >= 0.6 is 11.8 Å². The molecule has 6 heteroatoms. The van der Waals surface area contributed by atoms with Gasteiger partial charge in [-0.25, -0.2) is 0 Å². The van der Waals surface area contributed by atoms with Gasteiger partial charge in [-0.05, 0) is 25.0 Å². The lowest BCUT2D eigenvalue weighted by Crippen LogP contribution is -2.28. The molecule has 0 spiro atoms. The number of rotatable bonds is 7. The average Bonchev–Trinajstić information content (AvgIpc) is 3.35. The molecule has 1 aliphatic rings. The Morgan fingerprint density at radius 2 is 2.13 bits per heavy atom. The number of nitrogens with zero attached hydrogens (tertiary/aromatic N) is 4. The number of carbonyl (C=O) groups is 1. The average molecular weight is 328 g/mol. The van der Waals surface area contributed by atoms with Crippen molar-refractivity contribution in [2.24, 2.45) is 0 Å². The maximum Gasteiger partial charge on any atom is 0.237 e. The van der Waals surface area contributed by atoms with Crippen LogP contribution in [0.4, 0.5) is 5.69 Å². The highest BCUT2D eigenvalue weighted by atomic mass is 32.2. The molecule has 2 aromatic rings. The Balaban J connectivity index is 1.66. The fourth-order valence-corrected chi connectivity index (χ4v) is 3.24. The summed E-state index contributed by atoms with van der Waals surface area (Å²) in [6, 6.07) is 9.64. The molecule has 0 aliphatic heterocycles. The van der Waals surface area contributed by atoms with Gasteiger partial charge in [-0.15, -0.1) is 16.8 Å². The number of carbonyl (C=O) groups excluding carboxylic acids is 1. The zero-order valence-corrected chi connectivity index (χ0v) is 14.0. The van der Waals surface area contributed by atoms with Gasteiger partial charge in [0.25, 0.3) is 0 Å². The van der Waals surface area contributed by atoms with Gasteiger partial charge >= 0.3 is 0 Å². The van der Waals surface area contributed by atoms with Gasteiger partial charge in [-0.3, -0.25) is 4.79 Å². The second-order valence-electron chi connectivity index (χ2n) is 5.59. The van der Waals surface area contributed by atoms with Crippen LogP contribution in [0.15, 0.2) is 48.1 Å². The van der Waals surface area contributed by atoms with Gasteiger partial charge in [0.2, 0.25) is 5.91 Å². The molecule has 0 bridgehead atoms. The summed E-state index contributed by atoms with van der Waals surface area (Å²) in [7, 11) is 1.79. The van der Waals surface area contributed by atoms with Crippen molar-refractivity contribution < 1.29 is 4.79 Å². The van der Waals surface area contributed by atoms with E-state index in [2.05, 4.69) is 21.3 Å². The highest BCUT2D eigenvalue weighted by molar-refractivity contribution is 7.99. The topological polar surface area (TPSA) is 51.0 Å². The fraction of sp³-hybridized carbons (Fsp3) is 0.353. The second-order valence-corrected chi connectivity index (χ2v) is 6.53. The highest BCUT2D eigenvalue weighted by Gasteiger charge is 2.30. The molecular weight excluding hydrogens is 308 g/mol. The SMILES string of the molecule is C=CCn1c(SCC(=O)N(C)c2ccccc2)nnc1C1CC1. The van der Waals surface area contributed by atoms with Crippen molar-refractivity contribution in [1.29, 1.82) is 0 Å². The largest absolute Gasteiger partial charge is 0.315 e. The van der Waals surface area contributed by atoms with Gasteiger partial charge in [-0.2, -0.15) is 0 Å². The van der Waals surface area contributed by atoms with E-state index in [1.54, 1.807) is 11.9 Å². The van der Waals surface area contributed by atoms with E-state index in [-0.39, 0.29) is 5.91 Å². The zero-order valence-electron chi connectivity index (χ0n) is 13.2. The molecule has 1 aliphatic carbocycles. The van der Waals surface area contributed by atoms with Crippen molar-refractivity contribution in [3.63, 3.8) is 0 Å². The van der Waals surface area contributed by atoms with Crippen LogP contribution in [0.2, 0.25) is 0 Å². The lowest BCUT2D eigenvalue weighted by molar-refractivity contribution is -0.115. The summed E-state index contributed by atoms with van der Waals surface area (Å²) in [5.74, 6) is 1.93. The summed E-state index contributed by atoms with van der Waals surface area (Å²) in [4.78, 5) is 14.0. The number of para-hydroxylation sites is 1. The van der Waals surface area contributed by atoms with Crippen molar-refractivity contribution in [2.45, 2.75) is 30.5 Å². The summed E-state index contributed by atoms with van der Waals surface area (Å²) in [5.41, 5.74) is 0.893.